The molecule has 2 N–H and O–H groups in total. The van der Waals surface area contributed by atoms with Crippen molar-refractivity contribution >= 4 is 11.9 Å². The van der Waals surface area contributed by atoms with Crippen molar-refractivity contribution < 1.29 is 19.4 Å². The molecule has 0 aliphatic carbocycles. The van der Waals surface area contributed by atoms with Crippen LogP contribution in [0.5, 0.6) is 5.75 Å². The predicted molar refractivity (Wildman–Crippen MR) is 81.2 cm³/mol. The Morgan fingerprint density at radius 1 is 1.39 bits per heavy atom. The van der Waals surface area contributed by atoms with Crippen LogP contribution in [0.2, 0.25) is 0 Å². The Labute approximate surface area is 132 Å². The van der Waals surface area contributed by atoms with E-state index in [1.54, 1.807) is 30.5 Å². The fourth-order valence-electron chi connectivity index (χ4n) is 2.82. The summed E-state index contributed by atoms with van der Waals surface area (Å²) in [6, 6.07) is 8.48. The van der Waals surface area contributed by atoms with Gasteiger partial charge in [0.25, 0.3) is 5.91 Å². The Morgan fingerprint density at radius 2 is 2.26 bits per heavy atom. The molecule has 3 rings (SSSR count). The van der Waals surface area contributed by atoms with Gasteiger partial charge >= 0.3 is 5.97 Å². The maximum absolute atomic E-state index is 12.8. The van der Waals surface area contributed by atoms with E-state index in [0.717, 1.165) is 18.5 Å². The van der Waals surface area contributed by atoms with Crippen LogP contribution in [0.4, 0.5) is 0 Å². The number of rotatable bonds is 5. The summed E-state index contributed by atoms with van der Waals surface area (Å²) < 4.78 is 5.13. The number of nitrogens with one attached hydrogen (secondary N) is 1. The molecule has 0 spiro atoms. The second-order valence-corrected chi connectivity index (χ2v) is 5.38. The van der Waals surface area contributed by atoms with Gasteiger partial charge in [0.15, 0.2) is 6.61 Å². The molecular weight excluding hydrogens is 298 g/mol. The number of aromatic amines is 1. The zero-order valence-electron chi connectivity index (χ0n) is 12.4. The summed E-state index contributed by atoms with van der Waals surface area (Å²) in [4.78, 5) is 25.1. The third-order valence-electron chi connectivity index (χ3n) is 3.84. The van der Waals surface area contributed by atoms with E-state index in [1.807, 2.05) is 11.0 Å². The number of likely N-dealkylation sites (tertiary alicyclic amines) is 1. The lowest BCUT2D eigenvalue weighted by atomic mass is 10.1. The zero-order chi connectivity index (χ0) is 16.2. The number of hydrogen-bond donors (Lipinski definition) is 2. The first-order valence-corrected chi connectivity index (χ1v) is 7.40. The van der Waals surface area contributed by atoms with Crippen molar-refractivity contribution in [2.75, 3.05) is 13.2 Å². The largest absolute Gasteiger partial charge is 0.482 e. The molecule has 2 heterocycles. The number of amides is 1. The minimum atomic E-state index is -1.06. The molecule has 1 unspecified atom stereocenters. The highest BCUT2D eigenvalue weighted by molar-refractivity contribution is 5.95. The van der Waals surface area contributed by atoms with E-state index in [9.17, 15) is 9.59 Å². The number of carboxylic acids is 1. The normalized spacial score (nSPS) is 17.2. The van der Waals surface area contributed by atoms with Crippen molar-refractivity contribution in [3.63, 3.8) is 0 Å². The van der Waals surface area contributed by atoms with E-state index in [2.05, 4.69) is 10.2 Å². The number of nitrogens with zero attached hydrogens (tertiary/aromatic N) is 2. The Morgan fingerprint density at radius 3 is 3.00 bits per heavy atom. The second-order valence-electron chi connectivity index (χ2n) is 5.38. The van der Waals surface area contributed by atoms with Gasteiger partial charge in [-0.05, 0) is 37.1 Å². The van der Waals surface area contributed by atoms with E-state index >= 15 is 0 Å². The summed E-state index contributed by atoms with van der Waals surface area (Å²) in [5.74, 6) is -0.779. The maximum Gasteiger partial charge on any atom is 0.341 e. The molecule has 1 aliphatic rings. The predicted octanol–water partition coefficient (Wildman–Crippen LogP) is 1.85. The van der Waals surface area contributed by atoms with Gasteiger partial charge in [-0.15, -0.1) is 0 Å². The number of ether oxygens (including phenoxy) is 1. The molecule has 0 saturated carbocycles. The van der Waals surface area contributed by atoms with Gasteiger partial charge in [0.05, 0.1) is 11.7 Å². The van der Waals surface area contributed by atoms with E-state index < -0.39 is 12.6 Å². The third-order valence-corrected chi connectivity index (χ3v) is 3.84. The highest BCUT2D eigenvalue weighted by Crippen LogP contribution is 2.32. The van der Waals surface area contributed by atoms with Crippen molar-refractivity contribution in [1.29, 1.82) is 0 Å². The number of benzene rings is 1. The fourth-order valence-corrected chi connectivity index (χ4v) is 2.82. The van der Waals surface area contributed by atoms with Gasteiger partial charge < -0.3 is 14.7 Å². The lowest BCUT2D eigenvalue weighted by Crippen LogP contribution is -2.30. The maximum atomic E-state index is 12.8. The van der Waals surface area contributed by atoms with Crippen molar-refractivity contribution in [3.05, 3.63) is 47.8 Å². The lowest BCUT2D eigenvalue weighted by Gasteiger charge is -2.24. The van der Waals surface area contributed by atoms with Gasteiger partial charge in [-0.3, -0.25) is 9.89 Å². The van der Waals surface area contributed by atoms with Crippen molar-refractivity contribution in [2.45, 2.75) is 18.9 Å². The van der Waals surface area contributed by atoms with Crippen molar-refractivity contribution in [3.8, 4) is 5.75 Å². The molecule has 1 fully saturated rings. The first kappa shape index (κ1) is 15.1. The minimum absolute atomic E-state index is 0.00593. The number of carbonyl (C=O) groups excluding carboxylic acids is 1. The van der Waals surface area contributed by atoms with Crippen LogP contribution < -0.4 is 4.74 Å². The smallest absolute Gasteiger partial charge is 0.341 e. The SMILES string of the molecule is O=C(O)COc1cccc(C(=O)N2CCCC2c2ccn[nH]2)c1. The molecule has 1 amide bonds. The first-order valence-electron chi connectivity index (χ1n) is 7.40. The number of carboxylic acid groups (broad SMARTS) is 1. The van der Waals surface area contributed by atoms with E-state index in [0.29, 0.717) is 17.9 Å². The molecule has 1 saturated heterocycles. The van der Waals surface area contributed by atoms with E-state index in [1.165, 1.54) is 0 Å². The number of hydrogen-bond acceptors (Lipinski definition) is 4. The van der Waals surface area contributed by atoms with Gasteiger partial charge in [-0.25, -0.2) is 4.79 Å². The molecule has 23 heavy (non-hydrogen) atoms. The molecule has 1 atom stereocenters. The Kier molecular flexibility index (Phi) is 4.27. The first-order chi connectivity index (χ1) is 11.1. The molecule has 1 aliphatic heterocycles. The number of aromatic nitrogens is 2. The van der Waals surface area contributed by atoms with Crippen molar-refractivity contribution in [1.82, 2.24) is 15.1 Å². The van der Waals surface area contributed by atoms with Crippen molar-refractivity contribution in [2.24, 2.45) is 0 Å². The van der Waals surface area contributed by atoms with Crippen LogP contribution in [-0.4, -0.2) is 45.2 Å². The summed E-state index contributed by atoms with van der Waals surface area (Å²) in [5.41, 5.74) is 1.41. The summed E-state index contributed by atoms with van der Waals surface area (Å²) in [6.07, 6.45) is 3.50. The van der Waals surface area contributed by atoms with E-state index in [-0.39, 0.29) is 11.9 Å². The topological polar surface area (TPSA) is 95.5 Å². The van der Waals surface area contributed by atoms with Crippen LogP contribution in [0.3, 0.4) is 0 Å². The van der Waals surface area contributed by atoms with Crippen LogP contribution >= 0.6 is 0 Å². The van der Waals surface area contributed by atoms with Crippen LogP contribution in [0.1, 0.15) is 34.9 Å². The molecule has 1 aromatic heterocycles. The number of carbonyl (C=O) groups is 2. The molecule has 120 valence electrons. The molecule has 1 aromatic carbocycles. The summed E-state index contributed by atoms with van der Waals surface area (Å²) in [7, 11) is 0. The zero-order valence-corrected chi connectivity index (χ0v) is 12.4. The lowest BCUT2D eigenvalue weighted by molar-refractivity contribution is -0.139. The van der Waals surface area contributed by atoms with Crippen LogP contribution in [0.25, 0.3) is 0 Å². The quantitative estimate of drug-likeness (QED) is 0.878. The summed E-state index contributed by atoms with van der Waals surface area (Å²) in [6.45, 7) is 0.251. The molecule has 0 bridgehead atoms. The van der Waals surface area contributed by atoms with Gasteiger partial charge in [0, 0.05) is 18.3 Å². The van der Waals surface area contributed by atoms with Gasteiger partial charge in [-0.2, -0.15) is 5.10 Å². The van der Waals surface area contributed by atoms with Gasteiger partial charge in [0.2, 0.25) is 0 Å². The highest BCUT2D eigenvalue weighted by atomic mass is 16.5. The van der Waals surface area contributed by atoms with Crippen LogP contribution in [-0.2, 0) is 4.79 Å². The minimum Gasteiger partial charge on any atom is -0.482 e. The summed E-state index contributed by atoms with van der Waals surface area (Å²) in [5, 5.41) is 15.5. The van der Waals surface area contributed by atoms with Gasteiger partial charge in [0.1, 0.15) is 5.75 Å². The molecule has 0 radical (unpaired) electrons. The Bertz CT molecular complexity index is 699. The number of H-pyrrole nitrogens is 1. The Balaban J connectivity index is 1.77. The number of aliphatic carboxylic acids is 1. The molecule has 2 aromatic rings. The highest BCUT2D eigenvalue weighted by Gasteiger charge is 2.31. The van der Waals surface area contributed by atoms with E-state index in [4.69, 9.17) is 9.84 Å². The second kappa shape index (κ2) is 6.51. The average molecular weight is 315 g/mol. The van der Waals surface area contributed by atoms with Gasteiger partial charge in [-0.1, -0.05) is 6.07 Å². The van der Waals surface area contributed by atoms with Crippen LogP contribution in [0.15, 0.2) is 36.5 Å². The fraction of sp³-hybridized carbons (Fsp3) is 0.312. The summed E-state index contributed by atoms with van der Waals surface area (Å²) >= 11 is 0. The molecule has 7 nitrogen and oxygen atoms in total. The van der Waals surface area contributed by atoms with Crippen LogP contribution in [0, 0.1) is 0 Å². The standard InChI is InChI=1S/C16H17N3O4/c20-15(21)10-23-12-4-1-3-11(9-12)16(22)19-8-2-5-14(19)13-6-7-17-18-13/h1,3-4,6-7,9,14H,2,5,8,10H2,(H,17,18)(H,20,21). The Hall–Kier alpha value is -2.83. The molecular formula is C16H17N3O4. The third kappa shape index (κ3) is 3.33. The monoisotopic (exact) mass is 315 g/mol. The molecule has 7 heteroatoms. The average Bonchev–Trinajstić information content (AvgIpc) is 3.23.